The number of ether oxygens (including phenoxy) is 2. The number of methoxy groups -OCH3 is 1. The normalized spacial score (nSPS) is 15.6. The van der Waals surface area contributed by atoms with Crippen LogP contribution in [0, 0.1) is 5.92 Å². The van der Waals surface area contributed by atoms with Crippen molar-refractivity contribution in [3.05, 3.63) is 23.8 Å². The summed E-state index contributed by atoms with van der Waals surface area (Å²) >= 11 is 0. The van der Waals surface area contributed by atoms with Gasteiger partial charge in [-0.05, 0) is 37.0 Å². The van der Waals surface area contributed by atoms with Gasteiger partial charge in [-0.15, -0.1) is 0 Å². The Labute approximate surface area is 107 Å². The first-order valence-electron chi connectivity index (χ1n) is 6.31. The molecule has 0 amide bonds. The van der Waals surface area contributed by atoms with Gasteiger partial charge in [0.05, 0.1) is 19.3 Å². The van der Waals surface area contributed by atoms with Crippen LogP contribution in [0.4, 0.5) is 5.69 Å². The van der Waals surface area contributed by atoms with Crippen LogP contribution in [0.5, 0.6) is 5.75 Å². The summed E-state index contributed by atoms with van der Waals surface area (Å²) in [6.45, 7) is 0.713. The maximum absolute atomic E-state index is 11.5. The number of anilines is 1. The zero-order chi connectivity index (χ0) is 13.0. The van der Waals surface area contributed by atoms with Gasteiger partial charge in [-0.1, -0.05) is 12.8 Å². The van der Waals surface area contributed by atoms with E-state index in [4.69, 9.17) is 10.5 Å². The predicted molar refractivity (Wildman–Crippen MR) is 69.6 cm³/mol. The first-order chi connectivity index (χ1) is 8.70. The standard InChI is InChI=1S/C14H19NO3/c1-17-14(16)12-8-11(6-7-13(12)15)18-9-10-4-2-3-5-10/h6-8,10H,2-5,9,15H2,1H3. The molecule has 0 aromatic heterocycles. The lowest BCUT2D eigenvalue weighted by molar-refractivity contribution is 0.0601. The zero-order valence-electron chi connectivity index (χ0n) is 10.6. The molecule has 1 aromatic carbocycles. The van der Waals surface area contributed by atoms with Crippen molar-refractivity contribution >= 4 is 11.7 Å². The Hall–Kier alpha value is -1.71. The number of carbonyl (C=O) groups is 1. The largest absolute Gasteiger partial charge is 0.493 e. The summed E-state index contributed by atoms with van der Waals surface area (Å²) in [4.78, 5) is 11.5. The summed E-state index contributed by atoms with van der Waals surface area (Å²) in [6.07, 6.45) is 5.06. The molecule has 1 aromatic rings. The Morgan fingerprint density at radius 2 is 2.11 bits per heavy atom. The average Bonchev–Trinajstić information content (AvgIpc) is 2.90. The van der Waals surface area contributed by atoms with E-state index in [1.165, 1.54) is 32.8 Å². The van der Waals surface area contributed by atoms with Crippen LogP contribution in [-0.4, -0.2) is 19.7 Å². The van der Waals surface area contributed by atoms with E-state index in [2.05, 4.69) is 4.74 Å². The van der Waals surface area contributed by atoms with Crippen LogP contribution in [0.15, 0.2) is 18.2 Å². The maximum atomic E-state index is 11.5. The molecule has 18 heavy (non-hydrogen) atoms. The van der Waals surface area contributed by atoms with Gasteiger partial charge in [-0.2, -0.15) is 0 Å². The van der Waals surface area contributed by atoms with Crippen molar-refractivity contribution < 1.29 is 14.3 Å². The third-order valence-corrected chi connectivity index (χ3v) is 3.39. The average molecular weight is 249 g/mol. The Morgan fingerprint density at radius 1 is 1.39 bits per heavy atom. The SMILES string of the molecule is COC(=O)c1cc(OCC2CCCC2)ccc1N. The van der Waals surface area contributed by atoms with Crippen LogP contribution in [-0.2, 0) is 4.74 Å². The molecule has 1 saturated carbocycles. The molecule has 0 atom stereocenters. The predicted octanol–water partition coefficient (Wildman–Crippen LogP) is 2.62. The van der Waals surface area contributed by atoms with Gasteiger partial charge in [-0.25, -0.2) is 4.79 Å². The molecule has 1 aliphatic carbocycles. The Bertz CT molecular complexity index is 425. The molecule has 0 spiro atoms. The monoisotopic (exact) mass is 249 g/mol. The summed E-state index contributed by atoms with van der Waals surface area (Å²) in [5.41, 5.74) is 6.50. The first kappa shape index (κ1) is 12.7. The Kier molecular flexibility index (Phi) is 4.07. The zero-order valence-corrected chi connectivity index (χ0v) is 10.6. The summed E-state index contributed by atoms with van der Waals surface area (Å²) in [7, 11) is 1.34. The molecule has 0 saturated heterocycles. The van der Waals surface area contributed by atoms with Crippen molar-refractivity contribution in [1.29, 1.82) is 0 Å². The number of rotatable bonds is 4. The lowest BCUT2D eigenvalue weighted by atomic mass is 10.1. The van der Waals surface area contributed by atoms with E-state index in [1.807, 2.05) is 0 Å². The molecule has 0 bridgehead atoms. The third-order valence-electron chi connectivity index (χ3n) is 3.39. The molecule has 0 unspecified atom stereocenters. The fraction of sp³-hybridized carbons (Fsp3) is 0.500. The van der Waals surface area contributed by atoms with Crippen molar-refractivity contribution in [2.45, 2.75) is 25.7 Å². The van der Waals surface area contributed by atoms with Crippen LogP contribution in [0.25, 0.3) is 0 Å². The number of carbonyl (C=O) groups excluding carboxylic acids is 1. The molecule has 4 heteroatoms. The van der Waals surface area contributed by atoms with Crippen LogP contribution in [0.3, 0.4) is 0 Å². The van der Waals surface area contributed by atoms with Crippen LogP contribution in [0.2, 0.25) is 0 Å². The van der Waals surface area contributed by atoms with E-state index in [0.29, 0.717) is 29.5 Å². The van der Waals surface area contributed by atoms with Gasteiger partial charge < -0.3 is 15.2 Å². The minimum absolute atomic E-state index is 0.362. The van der Waals surface area contributed by atoms with Crippen molar-refractivity contribution in [2.24, 2.45) is 5.92 Å². The molecule has 0 radical (unpaired) electrons. The van der Waals surface area contributed by atoms with Gasteiger partial charge in [0.25, 0.3) is 0 Å². The molecular weight excluding hydrogens is 230 g/mol. The number of hydrogen-bond donors (Lipinski definition) is 1. The second-order valence-corrected chi connectivity index (χ2v) is 4.70. The van der Waals surface area contributed by atoms with Gasteiger partial charge in [-0.3, -0.25) is 0 Å². The molecule has 0 aliphatic heterocycles. The van der Waals surface area contributed by atoms with E-state index >= 15 is 0 Å². The van der Waals surface area contributed by atoms with E-state index in [0.717, 1.165) is 0 Å². The number of hydrogen-bond acceptors (Lipinski definition) is 4. The number of esters is 1. The molecule has 4 nitrogen and oxygen atoms in total. The van der Waals surface area contributed by atoms with Crippen molar-refractivity contribution in [1.82, 2.24) is 0 Å². The minimum Gasteiger partial charge on any atom is -0.493 e. The topological polar surface area (TPSA) is 61.5 Å². The molecule has 1 aliphatic rings. The van der Waals surface area contributed by atoms with E-state index in [-0.39, 0.29) is 0 Å². The second-order valence-electron chi connectivity index (χ2n) is 4.70. The summed E-state index contributed by atoms with van der Waals surface area (Å²) < 4.78 is 10.4. The van der Waals surface area contributed by atoms with Gasteiger partial charge >= 0.3 is 5.97 Å². The summed E-state index contributed by atoms with van der Waals surface area (Å²) in [5.74, 6) is 0.888. The minimum atomic E-state index is -0.432. The maximum Gasteiger partial charge on any atom is 0.340 e. The smallest absolute Gasteiger partial charge is 0.340 e. The first-order valence-corrected chi connectivity index (χ1v) is 6.31. The van der Waals surface area contributed by atoms with Crippen molar-refractivity contribution in [3.63, 3.8) is 0 Å². The number of nitrogens with two attached hydrogens (primary N) is 1. The van der Waals surface area contributed by atoms with Gasteiger partial charge in [0.15, 0.2) is 0 Å². The fourth-order valence-corrected chi connectivity index (χ4v) is 2.30. The van der Waals surface area contributed by atoms with Crippen LogP contribution >= 0.6 is 0 Å². The highest BCUT2D eigenvalue weighted by molar-refractivity contribution is 5.95. The van der Waals surface area contributed by atoms with E-state index in [9.17, 15) is 4.79 Å². The highest BCUT2D eigenvalue weighted by Gasteiger charge is 2.16. The van der Waals surface area contributed by atoms with Gasteiger partial charge in [0, 0.05) is 5.69 Å². The molecule has 1 fully saturated rings. The highest BCUT2D eigenvalue weighted by atomic mass is 16.5. The molecule has 0 heterocycles. The number of nitrogen functional groups attached to an aromatic ring is 1. The van der Waals surface area contributed by atoms with Crippen LogP contribution < -0.4 is 10.5 Å². The van der Waals surface area contributed by atoms with Gasteiger partial charge in [0.2, 0.25) is 0 Å². The second kappa shape index (κ2) is 5.76. The number of benzene rings is 1. The fourth-order valence-electron chi connectivity index (χ4n) is 2.30. The molecule has 98 valence electrons. The summed E-state index contributed by atoms with van der Waals surface area (Å²) in [6, 6.07) is 5.11. The lowest BCUT2D eigenvalue weighted by Crippen LogP contribution is -2.10. The molecular formula is C14H19NO3. The Balaban J connectivity index is 2.02. The van der Waals surface area contributed by atoms with Crippen LogP contribution in [0.1, 0.15) is 36.0 Å². The van der Waals surface area contributed by atoms with Gasteiger partial charge in [0.1, 0.15) is 5.75 Å². The van der Waals surface area contributed by atoms with E-state index < -0.39 is 5.97 Å². The van der Waals surface area contributed by atoms with Crippen molar-refractivity contribution in [3.8, 4) is 5.75 Å². The van der Waals surface area contributed by atoms with Crippen molar-refractivity contribution in [2.75, 3.05) is 19.5 Å². The summed E-state index contributed by atoms with van der Waals surface area (Å²) in [5, 5.41) is 0. The molecule has 2 rings (SSSR count). The Morgan fingerprint density at radius 3 is 2.78 bits per heavy atom. The van der Waals surface area contributed by atoms with E-state index in [1.54, 1.807) is 18.2 Å². The molecule has 2 N–H and O–H groups in total. The third kappa shape index (κ3) is 2.94. The quantitative estimate of drug-likeness (QED) is 0.658. The lowest BCUT2D eigenvalue weighted by Gasteiger charge is -2.12. The highest BCUT2D eigenvalue weighted by Crippen LogP contribution is 2.26.